The highest BCUT2D eigenvalue weighted by molar-refractivity contribution is 7.89. The van der Waals surface area contributed by atoms with Crippen molar-refractivity contribution in [1.82, 2.24) is 4.83 Å². The number of ether oxygens (including phenoxy) is 2. The van der Waals surface area contributed by atoms with E-state index >= 15 is 0 Å². The maximum Gasteiger partial charge on any atom is 0.343 e. The summed E-state index contributed by atoms with van der Waals surface area (Å²) in [6.07, 6.45) is 1.34. The molecular weight excluding hydrogens is 464 g/mol. The van der Waals surface area contributed by atoms with Crippen molar-refractivity contribution in [2.75, 3.05) is 6.61 Å². The molecule has 0 saturated carbocycles. The molecule has 0 fully saturated rings. The van der Waals surface area contributed by atoms with Crippen LogP contribution in [-0.2, 0) is 10.0 Å². The highest BCUT2D eigenvalue weighted by Gasteiger charge is 2.15. The number of nitrogens with zero attached hydrogens (tertiary/aromatic N) is 1. The van der Waals surface area contributed by atoms with Crippen LogP contribution in [0.25, 0.3) is 10.8 Å². The van der Waals surface area contributed by atoms with Crippen molar-refractivity contribution in [2.24, 2.45) is 5.10 Å². The molecule has 4 aromatic carbocycles. The van der Waals surface area contributed by atoms with Gasteiger partial charge in [0.15, 0.2) is 0 Å². The van der Waals surface area contributed by atoms with Gasteiger partial charge in [-0.05, 0) is 67.1 Å². The molecule has 0 aliphatic rings. The Balaban J connectivity index is 1.62. The first-order valence-electron chi connectivity index (χ1n) is 11.0. The molecule has 0 heterocycles. The SMILES string of the molecule is CCOc1ccc(C(=O)Oc2ccc3ccccc3c2/C=N\NS(=O)(=O)c2ccc(C)cc2)cc1. The molecule has 0 unspecified atom stereocenters. The van der Waals surface area contributed by atoms with E-state index in [1.165, 1.54) is 18.3 Å². The Hall–Kier alpha value is -4.17. The van der Waals surface area contributed by atoms with Gasteiger partial charge in [-0.2, -0.15) is 13.5 Å². The lowest BCUT2D eigenvalue weighted by Gasteiger charge is -2.11. The van der Waals surface area contributed by atoms with E-state index < -0.39 is 16.0 Å². The summed E-state index contributed by atoms with van der Waals surface area (Å²) in [7, 11) is -3.86. The topological polar surface area (TPSA) is 94.1 Å². The maximum atomic E-state index is 12.8. The summed E-state index contributed by atoms with van der Waals surface area (Å²) in [6.45, 7) is 4.28. The van der Waals surface area contributed by atoms with Gasteiger partial charge in [0.1, 0.15) is 11.5 Å². The van der Waals surface area contributed by atoms with Gasteiger partial charge in [-0.15, -0.1) is 0 Å². The first-order valence-corrected chi connectivity index (χ1v) is 12.4. The van der Waals surface area contributed by atoms with Crippen molar-refractivity contribution in [1.29, 1.82) is 0 Å². The van der Waals surface area contributed by atoms with E-state index in [9.17, 15) is 13.2 Å². The molecule has 8 heteroatoms. The number of sulfonamides is 1. The Morgan fingerprint density at radius 2 is 1.66 bits per heavy atom. The second-order valence-electron chi connectivity index (χ2n) is 7.71. The van der Waals surface area contributed by atoms with Crippen LogP contribution in [0, 0.1) is 6.92 Å². The third kappa shape index (κ3) is 5.67. The lowest BCUT2D eigenvalue weighted by molar-refractivity contribution is 0.0734. The second kappa shape index (κ2) is 10.4. The molecule has 0 bridgehead atoms. The molecular formula is C27H24N2O5S. The Morgan fingerprint density at radius 3 is 2.37 bits per heavy atom. The average molecular weight is 489 g/mol. The number of aryl methyl sites for hydroxylation is 1. The van der Waals surface area contributed by atoms with Crippen molar-refractivity contribution in [3.63, 3.8) is 0 Å². The summed E-state index contributed by atoms with van der Waals surface area (Å²) in [5.41, 5.74) is 1.76. The van der Waals surface area contributed by atoms with Gasteiger partial charge < -0.3 is 9.47 Å². The van der Waals surface area contributed by atoms with Crippen molar-refractivity contribution >= 4 is 33.0 Å². The molecule has 35 heavy (non-hydrogen) atoms. The number of rotatable bonds is 8. The Morgan fingerprint density at radius 1 is 0.943 bits per heavy atom. The monoisotopic (exact) mass is 488 g/mol. The van der Waals surface area contributed by atoms with E-state index in [4.69, 9.17) is 9.47 Å². The zero-order valence-electron chi connectivity index (χ0n) is 19.3. The second-order valence-corrected chi connectivity index (χ2v) is 9.37. The van der Waals surface area contributed by atoms with Crippen LogP contribution in [0.3, 0.4) is 0 Å². The van der Waals surface area contributed by atoms with Crippen LogP contribution in [-0.4, -0.2) is 27.2 Å². The predicted molar refractivity (Wildman–Crippen MR) is 136 cm³/mol. The Bertz CT molecular complexity index is 1480. The third-order valence-electron chi connectivity index (χ3n) is 5.23. The summed E-state index contributed by atoms with van der Waals surface area (Å²) >= 11 is 0. The molecule has 1 N–H and O–H groups in total. The maximum absolute atomic E-state index is 12.8. The number of carbonyl (C=O) groups excluding carboxylic acids is 1. The van der Waals surface area contributed by atoms with Crippen LogP contribution >= 0.6 is 0 Å². The van der Waals surface area contributed by atoms with Gasteiger partial charge in [-0.1, -0.05) is 48.0 Å². The number of hydrogen-bond acceptors (Lipinski definition) is 6. The molecule has 0 aliphatic heterocycles. The zero-order chi connectivity index (χ0) is 24.8. The fourth-order valence-electron chi connectivity index (χ4n) is 3.44. The van der Waals surface area contributed by atoms with Gasteiger partial charge in [-0.3, -0.25) is 0 Å². The van der Waals surface area contributed by atoms with Crippen molar-refractivity contribution in [2.45, 2.75) is 18.7 Å². The quantitative estimate of drug-likeness (QED) is 0.162. The van der Waals surface area contributed by atoms with Crippen molar-refractivity contribution in [3.05, 3.63) is 102 Å². The van der Waals surface area contributed by atoms with Gasteiger partial charge in [0, 0.05) is 5.56 Å². The number of hydrogen-bond donors (Lipinski definition) is 1. The van der Waals surface area contributed by atoms with E-state index in [0.717, 1.165) is 16.3 Å². The summed E-state index contributed by atoms with van der Waals surface area (Å²) in [5.74, 6) is 0.350. The minimum absolute atomic E-state index is 0.0975. The summed E-state index contributed by atoms with van der Waals surface area (Å²) in [5, 5.41) is 5.60. The van der Waals surface area contributed by atoms with E-state index in [2.05, 4.69) is 9.93 Å². The van der Waals surface area contributed by atoms with E-state index in [0.29, 0.717) is 23.5 Å². The molecule has 0 radical (unpaired) electrons. The minimum atomic E-state index is -3.86. The largest absolute Gasteiger partial charge is 0.494 e. The van der Waals surface area contributed by atoms with Crippen molar-refractivity contribution in [3.8, 4) is 11.5 Å². The van der Waals surface area contributed by atoms with Crippen LogP contribution in [0.15, 0.2) is 94.9 Å². The molecule has 0 atom stereocenters. The molecule has 7 nitrogen and oxygen atoms in total. The minimum Gasteiger partial charge on any atom is -0.494 e. The zero-order valence-corrected chi connectivity index (χ0v) is 20.1. The molecule has 0 spiro atoms. The smallest absolute Gasteiger partial charge is 0.343 e. The summed E-state index contributed by atoms with van der Waals surface area (Å²) < 4.78 is 36.3. The normalized spacial score (nSPS) is 11.5. The summed E-state index contributed by atoms with van der Waals surface area (Å²) in [6, 6.07) is 24.0. The molecule has 0 aliphatic carbocycles. The van der Waals surface area contributed by atoms with E-state index in [-0.39, 0.29) is 10.6 Å². The highest BCUT2D eigenvalue weighted by Crippen LogP contribution is 2.28. The van der Waals surface area contributed by atoms with Crippen LogP contribution in [0.5, 0.6) is 11.5 Å². The molecule has 4 aromatic rings. The fourth-order valence-corrected chi connectivity index (χ4v) is 4.23. The van der Waals surface area contributed by atoms with Gasteiger partial charge >= 0.3 is 5.97 Å². The number of carbonyl (C=O) groups is 1. The number of nitrogens with one attached hydrogen (secondary N) is 1. The number of esters is 1. The van der Waals surface area contributed by atoms with Gasteiger partial charge in [0.2, 0.25) is 0 Å². The van der Waals surface area contributed by atoms with E-state index in [1.54, 1.807) is 42.5 Å². The number of fused-ring (bicyclic) bond motifs is 1. The van der Waals surface area contributed by atoms with Crippen LogP contribution in [0.2, 0.25) is 0 Å². The molecule has 178 valence electrons. The fraction of sp³-hybridized carbons (Fsp3) is 0.111. The van der Waals surface area contributed by atoms with Gasteiger partial charge in [0.25, 0.3) is 10.0 Å². The Kier molecular flexibility index (Phi) is 7.12. The van der Waals surface area contributed by atoms with Gasteiger partial charge in [0.05, 0.1) is 23.3 Å². The van der Waals surface area contributed by atoms with Crippen LogP contribution in [0.1, 0.15) is 28.4 Å². The first kappa shape index (κ1) is 24.0. The van der Waals surface area contributed by atoms with Crippen molar-refractivity contribution < 1.29 is 22.7 Å². The van der Waals surface area contributed by atoms with E-state index in [1.807, 2.05) is 44.2 Å². The van der Waals surface area contributed by atoms with Crippen LogP contribution in [0.4, 0.5) is 0 Å². The molecule has 4 rings (SSSR count). The molecule has 0 aromatic heterocycles. The molecule has 0 saturated heterocycles. The lowest BCUT2D eigenvalue weighted by Crippen LogP contribution is -2.18. The number of benzene rings is 4. The predicted octanol–water partition coefficient (Wildman–Crippen LogP) is 5.08. The van der Waals surface area contributed by atoms with Gasteiger partial charge in [-0.25, -0.2) is 9.63 Å². The lowest BCUT2D eigenvalue weighted by atomic mass is 10.0. The molecule has 0 amide bonds. The van der Waals surface area contributed by atoms with Crippen LogP contribution < -0.4 is 14.3 Å². The number of hydrazone groups is 1. The average Bonchev–Trinajstić information content (AvgIpc) is 2.86. The standard InChI is InChI=1S/C27H24N2O5S/c1-3-33-22-13-10-21(11-14-22)27(30)34-26-17-12-20-6-4-5-7-24(20)25(26)18-28-29-35(31,32)23-15-8-19(2)9-16-23/h4-18,29H,3H2,1-2H3/b28-18-. The first-order chi connectivity index (χ1) is 16.9. The summed E-state index contributed by atoms with van der Waals surface area (Å²) in [4.78, 5) is 15.1. The Labute approximate surface area is 204 Å². The highest BCUT2D eigenvalue weighted by atomic mass is 32.2. The third-order valence-corrected chi connectivity index (χ3v) is 6.47.